The molecule has 3 aromatic rings. The number of amides is 2. The van der Waals surface area contributed by atoms with Gasteiger partial charge in [0.15, 0.2) is 5.76 Å². The molecule has 2 aromatic carbocycles. The fraction of sp³-hybridized carbons (Fsp3) is 0.379. The summed E-state index contributed by atoms with van der Waals surface area (Å²) >= 11 is 0. The summed E-state index contributed by atoms with van der Waals surface area (Å²) in [6, 6.07) is 15.5. The maximum Gasteiger partial charge on any atom is 0.289 e. The Bertz CT molecular complexity index is 1270. The van der Waals surface area contributed by atoms with E-state index in [-0.39, 0.29) is 17.2 Å². The summed E-state index contributed by atoms with van der Waals surface area (Å²) < 4.78 is 11.6. The van der Waals surface area contributed by atoms with Crippen molar-refractivity contribution in [3.63, 3.8) is 0 Å². The Hall–Kier alpha value is -3.54. The maximum atomic E-state index is 13.3. The maximum absolute atomic E-state index is 13.3. The number of hydrogen-bond donors (Lipinski definition) is 0. The van der Waals surface area contributed by atoms with Crippen LogP contribution in [0, 0.1) is 12.3 Å². The average molecular weight is 473 g/mol. The average Bonchev–Trinajstić information content (AvgIpc) is 3.45. The molecular weight excluding hydrogens is 440 g/mol. The van der Waals surface area contributed by atoms with E-state index in [0.717, 1.165) is 60.2 Å². The lowest BCUT2D eigenvalue weighted by molar-refractivity contribution is -0.128. The standard InChI is InChI=1S/C29H32N2O4/c1-3-34-24-10-6-4-8-22(24)12-13-26(32)30-17-14-29(15-18-30)16-19-31(20-29)28(33)27-21(2)23-9-5-7-11-25(23)35-27/h4-13H,3,14-20H2,1-2H3. The fourth-order valence-electron chi connectivity index (χ4n) is 5.41. The number of fused-ring (bicyclic) bond motifs is 1. The minimum absolute atomic E-state index is 0.0231. The lowest BCUT2D eigenvalue weighted by atomic mass is 9.78. The molecule has 3 heterocycles. The van der Waals surface area contributed by atoms with Crippen molar-refractivity contribution >= 4 is 28.9 Å². The molecular formula is C29H32N2O4. The van der Waals surface area contributed by atoms with Crippen LogP contribution in [-0.4, -0.2) is 54.4 Å². The van der Waals surface area contributed by atoms with Crippen LogP contribution in [0.3, 0.4) is 0 Å². The molecule has 1 spiro atoms. The highest BCUT2D eigenvalue weighted by molar-refractivity contribution is 5.99. The molecule has 0 N–H and O–H groups in total. The monoisotopic (exact) mass is 472 g/mol. The molecule has 2 aliphatic heterocycles. The lowest BCUT2D eigenvalue weighted by Gasteiger charge is -2.38. The van der Waals surface area contributed by atoms with Gasteiger partial charge < -0.3 is 19.0 Å². The minimum Gasteiger partial charge on any atom is -0.493 e. The summed E-state index contributed by atoms with van der Waals surface area (Å²) in [7, 11) is 0. The van der Waals surface area contributed by atoms with E-state index in [2.05, 4.69) is 0 Å². The van der Waals surface area contributed by atoms with Gasteiger partial charge in [0.1, 0.15) is 11.3 Å². The van der Waals surface area contributed by atoms with Crippen LogP contribution in [0.5, 0.6) is 5.75 Å². The van der Waals surface area contributed by atoms with Crippen LogP contribution in [0.4, 0.5) is 0 Å². The third-order valence-corrected chi connectivity index (χ3v) is 7.52. The van der Waals surface area contributed by atoms with E-state index in [1.807, 2.05) is 78.3 Å². The molecule has 0 unspecified atom stereocenters. The Balaban J connectivity index is 1.20. The number of aryl methyl sites for hydroxylation is 1. The van der Waals surface area contributed by atoms with E-state index in [9.17, 15) is 9.59 Å². The van der Waals surface area contributed by atoms with E-state index in [0.29, 0.717) is 25.5 Å². The Morgan fingerprint density at radius 3 is 2.43 bits per heavy atom. The molecule has 0 aliphatic carbocycles. The molecule has 2 fully saturated rings. The number of carbonyl (C=O) groups is 2. The zero-order valence-corrected chi connectivity index (χ0v) is 20.5. The molecule has 2 saturated heterocycles. The number of carbonyl (C=O) groups excluding carboxylic acids is 2. The van der Waals surface area contributed by atoms with Gasteiger partial charge in [0.2, 0.25) is 5.91 Å². The summed E-state index contributed by atoms with van der Waals surface area (Å²) in [6.07, 6.45) is 6.27. The van der Waals surface area contributed by atoms with Gasteiger partial charge in [0, 0.05) is 48.8 Å². The highest BCUT2D eigenvalue weighted by atomic mass is 16.5. The highest BCUT2D eigenvalue weighted by Gasteiger charge is 2.43. The number of benzene rings is 2. The molecule has 0 bridgehead atoms. The molecule has 35 heavy (non-hydrogen) atoms. The summed E-state index contributed by atoms with van der Waals surface area (Å²) in [5, 5.41) is 0.994. The summed E-state index contributed by atoms with van der Waals surface area (Å²) in [5.41, 5.74) is 2.65. The molecule has 2 aliphatic rings. The topological polar surface area (TPSA) is 63.0 Å². The van der Waals surface area contributed by atoms with Gasteiger partial charge in [-0.05, 0) is 56.7 Å². The predicted molar refractivity (Wildman–Crippen MR) is 136 cm³/mol. The highest BCUT2D eigenvalue weighted by Crippen LogP contribution is 2.41. The van der Waals surface area contributed by atoms with Crippen LogP contribution < -0.4 is 4.74 Å². The quantitative estimate of drug-likeness (QED) is 0.472. The molecule has 2 amide bonds. The lowest BCUT2D eigenvalue weighted by Crippen LogP contribution is -2.44. The molecule has 182 valence electrons. The van der Waals surface area contributed by atoms with Crippen molar-refractivity contribution in [3.05, 3.63) is 71.5 Å². The van der Waals surface area contributed by atoms with E-state index in [1.165, 1.54) is 0 Å². The van der Waals surface area contributed by atoms with Crippen LogP contribution >= 0.6 is 0 Å². The predicted octanol–water partition coefficient (Wildman–Crippen LogP) is 5.31. The zero-order chi connectivity index (χ0) is 24.4. The normalized spacial score (nSPS) is 17.5. The van der Waals surface area contributed by atoms with Crippen molar-refractivity contribution < 1.29 is 18.7 Å². The second kappa shape index (κ2) is 9.61. The Morgan fingerprint density at radius 1 is 1.00 bits per heavy atom. The van der Waals surface area contributed by atoms with Gasteiger partial charge in [-0.15, -0.1) is 0 Å². The van der Waals surface area contributed by atoms with Crippen LogP contribution in [-0.2, 0) is 4.79 Å². The molecule has 0 saturated carbocycles. The Labute approximate surface area is 206 Å². The van der Waals surface area contributed by atoms with Gasteiger partial charge in [0.25, 0.3) is 5.91 Å². The van der Waals surface area contributed by atoms with Gasteiger partial charge in [0.05, 0.1) is 6.61 Å². The summed E-state index contributed by atoms with van der Waals surface area (Å²) in [5.74, 6) is 1.24. The summed E-state index contributed by atoms with van der Waals surface area (Å²) in [4.78, 5) is 30.0. The minimum atomic E-state index is -0.0232. The van der Waals surface area contributed by atoms with Crippen molar-refractivity contribution in [3.8, 4) is 5.75 Å². The smallest absolute Gasteiger partial charge is 0.289 e. The first kappa shape index (κ1) is 23.2. The number of likely N-dealkylation sites (tertiary alicyclic amines) is 2. The molecule has 0 atom stereocenters. The Kier molecular flexibility index (Phi) is 6.37. The van der Waals surface area contributed by atoms with E-state index in [4.69, 9.17) is 9.15 Å². The number of ether oxygens (including phenoxy) is 1. The number of hydrogen-bond acceptors (Lipinski definition) is 4. The first-order valence-electron chi connectivity index (χ1n) is 12.5. The fourth-order valence-corrected chi connectivity index (χ4v) is 5.41. The van der Waals surface area contributed by atoms with Crippen molar-refractivity contribution in [1.82, 2.24) is 9.80 Å². The zero-order valence-electron chi connectivity index (χ0n) is 20.5. The van der Waals surface area contributed by atoms with Gasteiger partial charge in [-0.25, -0.2) is 0 Å². The SMILES string of the molecule is CCOc1ccccc1C=CC(=O)N1CCC2(CC1)CCN(C(=O)c1oc3ccccc3c1C)C2. The van der Waals surface area contributed by atoms with Crippen molar-refractivity contribution in [1.29, 1.82) is 0 Å². The third-order valence-electron chi connectivity index (χ3n) is 7.52. The van der Waals surface area contributed by atoms with Crippen molar-refractivity contribution in [2.24, 2.45) is 5.41 Å². The van der Waals surface area contributed by atoms with Gasteiger partial charge in [-0.3, -0.25) is 9.59 Å². The van der Waals surface area contributed by atoms with Crippen molar-refractivity contribution in [2.45, 2.75) is 33.1 Å². The van der Waals surface area contributed by atoms with E-state index >= 15 is 0 Å². The first-order chi connectivity index (χ1) is 17.0. The van der Waals surface area contributed by atoms with E-state index in [1.54, 1.807) is 6.08 Å². The molecule has 5 rings (SSSR count). The van der Waals surface area contributed by atoms with Crippen molar-refractivity contribution in [2.75, 3.05) is 32.8 Å². The third kappa shape index (κ3) is 4.57. The van der Waals surface area contributed by atoms with Crippen LogP contribution in [0.2, 0.25) is 0 Å². The molecule has 0 radical (unpaired) electrons. The molecule has 6 heteroatoms. The summed E-state index contributed by atoms with van der Waals surface area (Å²) in [6.45, 7) is 7.37. The largest absolute Gasteiger partial charge is 0.493 e. The van der Waals surface area contributed by atoms with E-state index < -0.39 is 0 Å². The second-order valence-corrected chi connectivity index (χ2v) is 9.66. The first-order valence-corrected chi connectivity index (χ1v) is 12.5. The number of furan rings is 1. The molecule has 6 nitrogen and oxygen atoms in total. The number of piperidine rings is 1. The van der Waals surface area contributed by atoms with Crippen LogP contribution in [0.25, 0.3) is 17.0 Å². The van der Waals surface area contributed by atoms with Gasteiger partial charge in [-0.2, -0.15) is 0 Å². The van der Waals surface area contributed by atoms with Crippen LogP contribution in [0.15, 0.2) is 59.0 Å². The number of nitrogens with zero attached hydrogens (tertiary/aromatic N) is 2. The number of para-hydroxylation sites is 2. The Morgan fingerprint density at radius 2 is 1.69 bits per heavy atom. The molecule has 1 aromatic heterocycles. The van der Waals surface area contributed by atoms with Crippen LogP contribution in [0.1, 0.15) is 47.9 Å². The van der Waals surface area contributed by atoms with Gasteiger partial charge in [-0.1, -0.05) is 36.4 Å². The van der Waals surface area contributed by atoms with Gasteiger partial charge >= 0.3 is 0 Å². The number of rotatable bonds is 5. The second-order valence-electron chi connectivity index (χ2n) is 9.66.